The van der Waals surface area contributed by atoms with Gasteiger partial charge in [0.05, 0.1) is 27.5 Å². The summed E-state index contributed by atoms with van der Waals surface area (Å²) in [4.78, 5) is 20.9. The summed E-state index contributed by atoms with van der Waals surface area (Å²) in [5.41, 5.74) is 0.517. The number of amides is 1. The normalized spacial score (nSPS) is 12.9. The molecule has 5 nitrogen and oxygen atoms in total. The third-order valence-electron chi connectivity index (χ3n) is 4.16. The first-order valence-corrected chi connectivity index (χ1v) is 10.1. The molecule has 0 saturated carbocycles. The van der Waals surface area contributed by atoms with Crippen molar-refractivity contribution in [3.63, 3.8) is 0 Å². The first-order chi connectivity index (χ1) is 13.7. The Hall–Kier alpha value is -2.26. The summed E-state index contributed by atoms with van der Waals surface area (Å²) in [5, 5.41) is 2.81. The third-order valence-corrected chi connectivity index (χ3v) is 5.55. The molecule has 2 heterocycles. The van der Waals surface area contributed by atoms with Crippen LogP contribution in [0.2, 0.25) is 5.15 Å². The van der Waals surface area contributed by atoms with Gasteiger partial charge in [0.15, 0.2) is 10.3 Å². The fourth-order valence-corrected chi connectivity index (χ4v) is 3.85. The van der Waals surface area contributed by atoms with Crippen molar-refractivity contribution in [2.24, 2.45) is 0 Å². The summed E-state index contributed by atoms with van der Waals surface area (Å²) >= 11 is 7.14. The van der Waals surface area contributed by atoms with Crippen LogP contribution in [0.15, 0.2) is 41.7 Å². The van der Waals surface area contributed by atoms with Crippen LogP contribution in [0.25, 0.3) is 11.0 Å². The maximum Gasteiger partial charge on any atom is 0.416 e. The molecule has 0 radical (unpaired) electrons. The lowest BCUT2D eigenvalue weighted by atomic mass is 10.2. The number of alkyl halides is 3. The van der Waals surface area contributed by atoms with Crippen molar-refractivity contribution in [3.05, 3.63) is 47.2 Å². The number of carbonyl (C=O) groups is 1. The van der Waals surface area contributed by atoms with Gasteiger partial charge in [-0.15, -0.1) is 0 Å². The van der Waals surface area contributed by atoms with Crippen LogP contribution in [0.5, 0.6) is 0 Å². The van der Waals surface area contributed by atoms with E-state index in [2.05, 4.69) is 15.3 Å². The molecule has 3 aromatic rings. The maximum absolute atomic E-state index is 13.1. The lowest BCUT2D eigenvalue weighted by molar-refractivity contribution is -0.137. The number of hydrogen-bond donors (Lipinski definition) is 1. The van der Waals surface area contributed by atoms with Crippen LogP contribution in [0, 0.1) is 0 Å². The Balaban J connectivity index is 1.87. The highest BCUT2D eigenvalue weighted by Crippen LogP contribution is 2.34. The van der Waals surface area contributed by atoms with E-state index < -0.39 is 17.0 Å². The van der Waals surface area contributed by atoms with Gasteiger partial charge in [0.1, 0.15) is 0 Å². The van der Waals surface area contributed by atoms with Crippen molar-refractivity contribution in [1.29, 1.82) is 0 Å². The number of thioether (sulfide) groups is 1. The molecule has 1 unspecified atom stereocenters. The van der Waals surface area contributed by atoms with Gasteiger partial charge >= 0.3 is 6.18 Å². The average Bonchev–Trinajstić information content (AvgIpc) is 2.99. The number of carbonyl (C=O) groups excluding carboxylic acids is 1. The molecule has 1 N–H and O–H groups in total. The molecule has 0 aliphatic carbocycles. The number of nitrogens with one attached hydrogen (secondary N) is 1. The predicted molar refractivity (Wildman–Crippen MR) is 108 cm³/mol. The molecule has 154 valence electrons. The second-order valence-electron chi connectivity index (χ2n) is 6.34. The molecule has 0 bridgehead atoms. The lowest BCUT2D eigenvalue weighted by Gasteiger charge is -2.14. The molecule has 0 saturated heterocycles. The standard InChI is InChI=1S/C19H18ClF3N4OS/c1-3-9-27-15-10-12(19(21,22)23)6-7-13(15)26-18(27)29-11(2)17(28)25-14-5-4-8-24-16(14)20/h4-8,10-11H,3,9H2,1-2H3,(H,25,28). The van der Waals surface area contributed by atoms with Crippen LogP contribution >= 0.6 is 23.4 Å². The van der Waals surface area contributed by atoms with Gasteiger partial charge < -0.3 is 9.88 Å². The van der Waals surface area contributed by atoms with Gasteiger partial charge in [-0.25, -0.2) is 9.97 Å². The number of rotatable bonds is 6. The first-order valence-electron chi connectivity index (χ1n) is 8.86. The summed E-state index contributed by atoms with van der Waals surface area (Å²) in [7, 11) is 0. The molecule has 1 amide bonds. The Bertz CT molecular complexity index is 1040. The van der Waals surface area contributed by atoms with Crippen LogP contribution < -0.4 is 5.32 Å². The predicted octanol–water partition coefficient (Wildman–Crippen LogP) is 5.63. The molecule has 0 aliphatic heterocycles. The largest absolute Gasteiger partial charge is 0.416 e. The summed E-state index contributed by atoms with van der Waals surface area (Å²) in [6.07, 6.45) is -2.21. The van der Waals surface area contributed by atoms with Gasteiger partial charge in [-0.2, -0.15) is 13.2 Å². The zero-order valence-corrected chi connectivity index (χ0v) is 17.2. The van der Waals surface area contributed by atoms with Crippen LogP contribution in [-0.2, 0) is 17.5 Å². The minimum absolute atomic E-state index is 0.177. The van der Waals surface area contributed by atoms with Crippen molar-refractivity contribution in [2.75, 3.05) is 5.32 Å². The molecule has 0 aliphatic rings. The fraction of sp³-hybridized carbons (Fsp3) is 0.316. The monoisotopic (exact) mass is 442 g/mol. The first kappa shape index (κ1) is 21.4. The van der Waals surface area contributed by atoms with Gasteiger partial charge in [-0.3, -0.25) is 4.79 Å². The zero-order chi connectivity index (χ0) is 21.2. The van der Waals surface area contributed by atoms with Gasteiger partial charge in [-0.1, -0.05) is 30.3 Å². The summed E-state index contributed by atoms with van der Waals surface area (Å²) in [5.74, 6) is -0.309. The Morgan fingerprint density at radius 2 is 2.10 bits per heavy atom. The molecule has 1 aromatic carbocycles. The van der Waals surface area contributed by atoms with E-state index in [4.69, 9.17) is 11.6 Å². The molecule has 3 rings (SSSR count). The minimum atomic E-state index is -4.43. The second kappa shape index (κ2) is 8.62. The number of anilines is 1. The Labute approximate surface area is 174 Å². The van der Waals surface area contributed by atoms with Crippen LogP contribution in [0.1, 0.15) is 25.8 Å². The molecule has 29 heavy (non-hydrogen) atoms. The van der Waals surface area contributed by atoms with E-state index in [1.54, 1.807) is 23.6 Å². The topological polar surface area (TPSA) is 59.8 Å². The van der Waals surface area contributed by atoms with Crippen molar-refractivity contribution in [2.45, 2.75) is 43.4 Å². The number of benzene rings is 1. The Morgan fingerprint density at radius 3 is 2.76 bits per heavy atom. The summed E-state index contributed by atoms with van der Waals surface area (Å²) in [6, 6.07) is 6.76. The number of aryl methyl sites for hydroxylation is 1. The highest BCUT2D eigenvalue weighted by atomic mass is 35.5. The molecule has 10 heteroatoms. The lowest BCUT2D eigenvalue weighted by Crippen LogP contribution is -2.23. The number of fused-ring (bicyclic) bond motifs is 1. The van der Waals surface area contributed by atoms with E-state index in [1.807, 2.05) is 6.92 Å². The number of hydrogen-bond acceptors (Lipinski definition) is 4. The van der Waals surface area contributed by atoms with Crippen LogP contribution in [-0.4, -0.2) is 25.7 Å². The van der Waals surface area contributed by atoms with Gasteiger partial charge in [0.25, 0.3) is 0 Å². The highest BCUT2D eigenvalue weighted by molar-refractivity contribution is 8.00. The van der Waals surface area contributed by atoms with Gasteiger partial charge in [-0.05, 0) is 43.7 Å². The molecule has 0 spiro atoms. The van der Waals surface area contributed by atoms with Crippen molar-refractivity contribution >= 4 is 46.0 Å². The third kappa shape index (κ3) is 4.84. The van der Waals surface area contributed by atoms with Crippen molar-refractivity contribution in [1.82, 2.24) is 14.5 Å². The fourth-order valence-electron chi connectivity index (χ4n) is 2.73. The number of aromatic nitrogens is 3. The minimum Gasteiger partial charge on any atom is -0.322 e. The Morgan fingerprint density at radius 1 is 1.34 bits per heavy atom. The summed E-state index contributed by atoms with van der Waals surface area (Å²) in [6.45, 7) is 4.11. The van der Waals surface area contributed by atoms with Crippen molar-refractivity contribution < 1.29 is 18.0 Å². The van der Waals surface area contributed by atoms with E-state index in [9.17, 15) is 18.0 Å². The smallest absolute Gasteiger partial charge is 0.322 e. The number of imidazole rings is 1. The number of halogens is 4. The molecule has 2 aromatic heterocycles. The van der Waals surface area contributed by atoms with Crippen LogP contribution in [0.3, 0.4) is 0 Å². The number of pyridine rings is 1. The number of nitrogens with zero attached hydrogens (tertiary/aromatic N) is 3. The van der Waals surface area contributed by atoms with Crippen LogP contribution in [0.4, 0.5) is 18.9 Å². The van der Waals surface area contributed by atoms with E-state index in [-0.39, 0.29) is 11.1 Å². The second-order valence-corrected chi connectivity index (χ2v) is 8.00. The Kier molecular flexibility index (Phi) is 6.38. The van der Waals surface area contributed by atoms with Gasteiger partial charge in [0.2, 0.25) is 5.91 Å². The molecule has 0 fully saturated rings. The molecule has 1 atom stereocenters. The molecular formula is C19H18ClF3N4OS. The average molecular weight is 443 g/mol. The van der Waals surface area contributed by atoms with E-state index in [0.29, 0.717) is 34.8 Å². The maximum atomic E-state index is 13.1. The quantitative estimate of drug-likeness (QED) is 0.397. The van der Waals surface area contributed by atoms with Gasteiger partial charge in [0, 0.05) is 12.7 Å². The molecular weight excluding hydrogens is 425 g/mol. The SMILES string of the molecule is CCCn1c(SC(C)C(=O)Nc2cccnc2Cl)nc2ccc(C(F)(F)F)cc21. The van der Waals surface area contributed by atoms with Crippen molar-refractivity contribution in [3.8, 4) is 0 Å². The highest BCUT2D eigenvalue weighted by Gasteiger charge is 2.31. The van der Waals surface area contributed by atoms with E-state index in [1.165, 1.54) is 24.0 Å². The summed E-state index contributed by atoms with van der Waals surface area (Å²) < 4.78 is 41.0. The van der Waals surface area contributed by atoms with E-state index >= 15 is 0 Å². The zero-order valence-electron chi connectivity index (χ0n) is 15.6. The van der Waals surface area contributed by atoms with E-state index in [0.717, 1.165) is 12.1 Å².